The predicted octanol–water partition coefficient (Wildman–Crippen LogP) is 0.407. The standard InChI is InChI=1S/C10H14N4O/c11-5-7-15-8-6-14-10-4-2-1-3-9(10)12-13-14/h1-4H,5-8,11H2. The minimum Gasteiger partial charge on any atom is -0.378 e. The average molecular weight is 206 g/mol. The maximum Gasteiger partial charge on any atom is 0.113 e. The first kappa shape index (κ1) is 10.1. The maximum atomic E-state index is 5.32. The zero-order valence-electron chi connectivity index (χ0n) is 8.47. The molecule has 1 aromatic carbocycles. The molecule has 15 heavy (non-hydrogen) atoms. The zero-order chi connectivity index (χ0) is 10.5. The Morgan fingerprint density at radius 3 is 3.00 bits per heavy atom. The SMILES string of the molecule is NCCOCCn1nnc2ccccc21. The zero-order valence-corrected chi connectivity index (χ0v) is 8.47. The number of hydrogen-bond donors (Lipinski definition) is 1. The molecule has 5 nitrogen and oxygen atoms in total. The van der Waals surface area contributed by atoms with E-state index in [0.29, 0.717) is 26.3 Å². The second-order valence-corrected chi connectivity index (χ2v) is 3.20. The fourth-order valence-electron chi connectivity index (χ4n) is 1.42. The van der Waals surface area contributed by atoms with Crippen LogP contribution in [-0.2, 0) is 11.3 Å². The van der Waals surface area contributed by atoms with Crippen molar-refractivity contribution < 1.29 is 4.74 Å². The van der Waals surface area contributed by atoms with Crippen LogP contribution in [0.1, 0.15) is 0 Å². The lowest BCUT2D eigenvalue weighted by Crippen LogP contribution is -2.13. The van der Waals surface area contributed by atoms with E-state index in [2.05, 4.69) is 10.3 Å². The largest absolute Gasteiger partial charge is 0.378 e. The van der Waals surface area contributed by atoms with Crippen LogP contribution in [0.15, 0.2) is 24.3 Å². The highest BCUT2D eigenvalue weighted by molar-refractivity contribution is 5.73. The Labute approximate surface area is 87.8 Å². The number of para-hydroxylation sites is 1. The summed E-state index contributed by atoms with van der Waals surface area (Å²) in [5.74, 6) is 0. The topological polar surface area (TPSA) is 66.0 Å². The molecule has 0 aliphatic heterocycles. The van der Waals surface area contributed by atoms with Gasteiger partial charge < -0.3 is 10.5 Å². The highest BCUT2D eigenvalue weighted by Crippen LogP contribution is 2.08. The van der Waals surface area contributed by atoms with Crippen LogP contribution < -0.4 is 5.73 Å². The third-order valence-corrected chi connectivity index (χ3v) is 2.13. The summed E-state index contributed by atoms with van der Waals surface area (Å²) in [4.78, 5) is 0. The Morgan fingerprint density at radius 2 is 2.13 bits per heavy atom. The van der Waals surface area contributed by atoms with Crippen LogP contribution >= 0.6 is 0 Å². The number of aromatic nitrogens is 3. The van der Waals surface area contributed by atoms with Crippen molar-refractivity contribution in [1.29, 1.82) is 0 Å². The number of nitrogens with two attached hydrogens (primary N) is 1. The van der Waals surface area contributed by atoms with E-state index in [-0.39, 0.29) is 0 Å². The molecule has 0 unspecified atom stereocenters. The molecule has 1 aromatic heterocycles. The molecule has 0 aliphatic carbocycles. The second-order valence-electron chi connectivity index (χ2n) is 3.20. The van der Waals surface area contributed by atoms with Gasteiger partial charge in [0, 0.05) is 6.54 Å². The molecule has 2 aromatic rings. The van der Waals surface area contributed by atoms with Gasteiger partial charge >= 0.3 is 0 Å². The molecule has 0 amide bonds. The Bertz CT molecular complexity index is 426. The van der Waals surface area contributed by atoms with E-state index < -0.39 is 0 Å². The van der Waals surface area contributed by atoms with Crippen molar-refractivity contribution in [3.05, 3.63) is 24.3 Å². The fourth-order valence-corrected chi connectivity index (χ4v) is 1.42. The number of nitrogens with zero attached hydrogens (tertiary/aromatic N) is 3. The maximum absolute atomic E-state index is 5.32. The summed E-state index contributed by atoms with van der Waals surface area (Å²) < 4.78 is 7.13. The van der Waals surface area contributed by atoms with E-state index in [4.69, 9.17) is 10.5 Å². The van der Waals surface area contributed by atoms with Crippen molar-refractivity contribution in [2.75, 3.05) is 19.8 Å². The van der Waals surface area contributed by atoms with Crippen LogP contribution in [0.25, 0.3) is 11.0 Å². The summed E-state index contributed by atoms with van der Waals surface area (Å²) in [7, 11) is 0. The van der Waals surface area contributed by atoms with Crippen molar-refractivity contribution in [3.8, 4) is 0 Å². The molecule has 0 bridgehead atoms. The smallest absolute Gasteiger partial charge is 0.113 e. The highest BCUT2D eigenvalue weighted by atomic mass is 16.5. The Morgan fingerprint density at radius 1 is 1.27 bits per heavy atom. The molecule has 0 radical (unpaired) electrons. The molecular weight excluding hydrogens is 192 g/mol. The predicted molar refractivity (Wildman–Crippen MR) is 57.4 cm³/mol. The van der Waals surface area contributed by atoms with Gasteiger partial charge in [-0.05, 0) is 12.1 Å². The molecule has 2 N–H and O–H groups in total. The summed E-state index contributed by atoms with van der Waals surface area (Å²) in [6, 6.07) is 7.87. The van der Waals surface area contributed by atoms with E-state index in [0.717, 1.165) is 11.0 Å². The first-order valence-electron chi connectivity index (χ1n) is 4.98. The van der Waals surface area contributed by atoms with Gasteiger partial charge in [-0.1, -0.05) is 17.3 Å². The Kier molecular flexibility index (Phi) is 3.26. The van der Waals surface area contributed by atoms with E-state index in [1.165, 1.54) is 0 Å². The first-order chi connectivity index (χ1) is 7.42. The van der Waals surface area contributed by atoms with E-state index in [1.807, 2.05) is 28.9 Å². The molecule has 0 aliphatic rings. The van der Waals surface area contributed by atoms with Gasteiger partial charge in [-0.2, -0.15) is 0 Å². The molecular formula is C10H14N4O. The number of fused-ring (bicyclic) bond motifs is 1. The Hall–Kier alpha value is -1.46. The molecule has 0 fully saturated rings. The van der Waals surface area contributed by atoms with Gasteiger partial charge in [-0.3, -0.25) is 0 Å². The Balaban J connectivity index is 2.02. The molecule has 5 heteroatoms. The van der Waals surface area contributed by atoms with Gasteiger partial charge in [0.1, 0.15) is 5.52 Å². The first-order valence-corrected chi connectivity index (χ1v) is 4.98. The molecule has 80 valence electrons. The van der Waals surface area contributed by atoms with Crippen LogP contribution in [0.5, 0.6) is 0 Å². The fraction of sp³-hybridized carbons (Fsp3) is 0.400. The molecule has 0 saturated heterocycles. The summed E-state index contributed by atoms with van der Waals surface area (Å²) in [6.07, 6.45) is 0. The average Bonchev–Trinajstić information content (AvgIpc) is 2.68. The van der Waals surface area contributed by atoms with E-state index >= 15 is 0 Å². The quantitative estimate of drug-likeness (QED) is 0.719. The van der Waals surface area contributed by atoms with E-state index in [9.17, 15) is 0 Å². The van der Waals surface area contributed by atoms with Crippen LogP contribution in [0, 0.1) is 0 Å². The summed E-state index contributed by atoms with van der Waals surface area (Å²) in [5.41, 5.74) is 7.27. The van der Waals surface area contributed by atoms with Crippen LogP contribution in [0.4, 0.5) is 0 Å². The normalized spacial score (nSPS) is 11.0. The molecule has 0 spiro atoms. The third kappa shape index (κ3) is 2.31. The lowest BCUT2D eigenvalue weighted by molar-refractivity contribution is 0.131. The molecule has 1 heterocycles. The van der Waals surface area contributed by atoms with Crippen molar-refractivity contribution in [2.45, 2.75) is 6.54 Å². The molecule has 2 rings (SSSR count). The van der Waals surface area contributed by atoms with Crippen LogP contribution in [0.2, 0.25) is 0 Å². The van der Waals surface area contributed by atoms with Gasteiger partial charge in [-0.25, -0.2) is 4.68 Å². The minimum absolute atomic E-state index is 0.554. The van der Waals surface area contributed by atoms with Crippen molar-refractivity contribution in [1.82, 2.24) is 15.0 Å². The van der Waals surface area contributed by atoms with E-state index in [1.54, 1.807) is 0 Å². The molecule has 0 atom stereocenters. The second kappa shape index (κ2) is 4.86. The molecule has 0 saturated carbocycles. The number of benzene rings is 1. The number of rotatable bonds is 5. The van der Waals surface area contributed by atoms with Crippen molar-refractivity contribution in [2.24, 2.45) is 5.73 Å². The minimum atomic E-state index is 0.554. The van der Waals surface area contributed by atoms with Gasteiger partial charge in [0.25, 0.3) is 0 Å². The van der Waals surface area contributed by atoms with Crippen LogP contribution in [-0.4, -0.2) is 34.8 Å². The van der Waals surface area contributed by atoms with Gasteiger partial charge in [0.2, 0.25) is 0 Å². The monoisotopic (exact) mass is 206 g/mol. The van der Waals surface area contributed by atoms with Crippen molar-refractivity contribution in [3.63, 3.8) is 0 Å². The third-order valence-electron chi connectivity index (χ3n) is 2.13. The van der Waals surface area contributed by atoms with Crippen molar-refractivity contribution >= 4 is 11.0 Å². The number of hydrogen-bond acceptors (Lipinski definition) is 4. The summed E-state index contributed by atoms with van der Waals surface area (Å²) in [5, 5.41) is 8.10. The summed E-state index contributed by atoms with van der Waals surface area (Å²) >= 11 is 0. The van der Waals surface area contributed by atoms with Gasteiger partial charge in [0.15, 0.2) is 0 Å². The lowest BCUT2D eigenvalue weighted by Gasteiger charge is -2.02. The van der Waals surface area contributed by atoms with Gasteiger partial charge in [-0.15, -0.1) is 5.10 Å². The highest BCUT2D eigenvalue weighted by Gasteiger charge is 2.01. The summed E-state index contributed by atoms with van der Waals surface area (Å²) in [6.45, 7) is 2.47. The van der Waals surface area contributed by atoms with Gasteiger partial charge in [0.05, 0.1) is 25.3 Å². The lowest BCUT2D eigenvalue weighted by atomic mass is 10.3. The van der Waals surface area contributed by atoms with Crippen LogP contribution in [0.3, 0.4) is 0 Å². The number of ether oxygens (including phenoxy) is 1.